The number of nitriles is 3. The van der Waals surface area contributed by atoms with Gasteiger partial charge in [0.25, 0.3) is 0 Å². The van der Waals surface area contributed by atoms with Crippen LogP contribution in [-0.4, -0.2) is 203 Å². The number of anilines is 3. The number of nitrogens with one attached hydrogen (secondary N) is 1. The minimum atomic E-state index is -0.562. The van der Waals surface area contributed by atoms with Crippen LogP contribution in [0.5, 0.6) is 23.0 Å². The van der Waals surface area contributed by atoms with Crippen molar-refractivity contribution in [2.45, 2.75) is 48.2 Å². The molecule has 537 valence electrons. The van der Waals surface area contributed by atoms with E-state index in [2.05, 4.69) is 114 Å². The number of esters is 2. The second-order valence-corrected chi connectivity index (χ2v) is 23.6. The number of piperazine rings is 3. The summed E-state index contributed by atoms with van der Waals surface area (Å²) in [6.45, 7) is 18.5. The van der Waals surface area contributed by atoms with E-state index < -0.39 is 11.9 Å². The number of pyridine rings is 8. The maximum Gasteiger partial charge on any atom is 1.00 e. The molecule has 0 aliphatic carbocycles. The van der Waals surface area contributed by atoms with Crippen molar-refractivity contribution >= 4 is 59.5 Å². The molecule has 3 radical (unpaired) electrons. The van der Waals surface area contributed by atoms with Gasteiger partial charge in [-0.15, -0.1) is 5.68 Å². The Morgan fingerprint density at radius 1 is 0.495 bits per heavy atom. The summed E-state index contributed by atoms with van der Waals surface area (Å²) < 4.78 is 19.1. The summed E-state index contributed by atoms with van der Waals surface area (Å²) in [5, 5.41) is 64.1. The first-order chi connectivity index (χ1) is 48.9. The van der Waals surface area contributed by atoms with Gasteiger partial charge in [0.05, 0.1) is 102 Å². The van der Waals surface area contributed by atoms with Gasteiger partial charge in [0.15, 0.2) is 0 Å². The molecule has 14 heterocycles. The number of aromatic nitrogens is 11. The van der Waals surface area contributed by atoms with Crippen molar-refractivity contribution in [1.29, 1.82) is 15.8 Å². The van der Waals surface area contributed by atoms with E-state index in [-0.39, 0.29) is 65.1 Å². The molecule has 0 saturated carbocycles. The number of ether oxygens (including phenoxy) is 3. The molecular formula is C73H81BN20NaO10. The average Bonchev–Trinajstić information content (AvgIpc) is 1.68. The Morgan fingerprint density at radius 3 is 1.13 bits per heavy atom. The minimum Gasteiger partial charge on any atom is -0.528 e. The van der Waals surface area contributed by atoms with E-state index in [1.54, 1.807) is 61.9 Å². The fraction of sp³-hybridized carbons (Fsp3) is 0.288. The number of rotatable bonds is 12. The van der Waals surface area contributed by atoms with E-state index in [0.29, 0.717) is 27.7 Å². The molecule has 3 saturated heterocycles. The first-order valence-electron chi connectivity index (χ1n) is 32.2. The molecule has 105 heavy (non-hydrogen) atoms. The van der Waals surface area contributed by atoms with E-state index in [4.69, 9.17) is 14.5 Å². The zero-order valence-corrected chi connectivity index (χ0v) is 60.7. The topological polar surface area (TPSA) is 398 Å². The van der Waals surface area contributed by atoms with Gasteiger partial charge in [0, 0.05) is 164 Å². The van der Waals surface area contributed by atoms with Crippen LogP contribution in [0.4, 0.5) is 17.5 Å². The molecule has 3 aliphatic heterocycles. The van der Waals surface area contributed by atoms with Crippen LogP contribution in [0.2, 0.25) is 0 Å². The third-order valence-electron chi connectivity index (χ3n) is 16.4. The quantitative estimate of drug-likeness (QED) is 0.0898. The van der Waals surface area contributed by atoms with Crippen molar-refractivity contribution in [3.63, 3.8) is 0 Å². The van der Waals surface area contributed by atoms with Crippen LogP contribution < -0.4 is 59.0 Å². The Bertz CT molecular complexity index is 4590. The van der Waals surface area contributed by atoms with Crippen LogP contribution in [0.15, 0.2) is 147 Å². The van der Waals surface area contributed by atoms with Gasteiger partial charge in [-0.1, -0.05) is 14.4 Å². The molecule has 0 amide bonds. The van der Waals surface area contributed by atoms with Gasteiger partial charge >= 0.3 is 41.5 Å². The molecule has 0 aromatic carbocycles. The molecule has 0 atom stereocenters. The zero-order valence-electron chi connectivity index (χ0n) is 58.7. The van der Waals surface area contributed by atoms with Gasteiger partial charge in [-0.25, -0.2) is 28.5 Å². The van der Waals surface area contributed by atoms with Crippen molar-refractivity contribution in [1.82, 2.24) is 68.9 Å². The van der Waals surface area contributed by atoms with Crippen molar-refractivity contribution in [3.05, 3.63) is 181 Å². The van der Waals surface area contributed by atoms with Crippen molar-refractivity contribution < 1.29 is 79.3 Å². The van der Waals surface area contributed by atoms with Crippen molar-refractivity contribution in [3.8, 4) is 74.6 Å². The monoisotopic (exact) mass is 1430 g/mol. The number of hydrogen-bond acceptors (Lipinski definition) is 25. The molecule has 3 aliphatic rings. The van der Waals surface area contributed by atoms with E-state index in [1.165, 1.54) is 54.6 Å². The summed E-state index contributed by atoms with van der Waals surface area (Å²) >= 11 is 0. The summed E-state index contributed by atoms with van der Waals surface area (Å²) in [7, 11) is 7.77. The van der Waals surface area contributed by atoms with Crippen molar-refractivity contribution in [2.75, 3.05) is 107 Å². The molecule has 14 rings (SSSR count). The smallest absolute Gasteiger partial charge is 0.528 e. The predicted molar refractivity (Wildman–Crippen MR) is 392 cm³/mol. The molecule has 0 bridgehead atoms. The van der Waals surface area contributed by atoms with Crippen LogP contribution in [0.3, 0.4) is 0 Å². The molecule has 30 nitrogen and oxygen atoms in total. The number of aryl methyl sites for hydroxylation is 1. The molecule has 11 aromatic rings. The fourth-order valence-electron chi connectivity index (χ4n) is 11.6. The molecule has 7 N–H and O–H groups in total. The van der Waals surface area contributed by atoms with Gasteiger partial charge in [0.1, 0.15) is 58.7 Å². The number of hydrogen-bond donors (Lipinski definition) is 3. The summed E-state index contributed by atoms with van der Waals surface area (Å²) in [5.74, 6) is 3.41. The van der Waals surface area contributed by atoms with Gasteiger partial charge in [-0.05, 0) is 91.3 Å². The zero-order chi connectivity index (χ0) is 71.5. The number of fused-ring (bicyclic) bond motifs is 3. The number of methoxy groups -OCH3 is 2. The first kappa shape index (κ1) is 82.5. The van der Waals surface area contributed by atoms with Gasteiger partial charge in [-0.3, -0.25) is 29.4 Å². The second-order valence-electron chi connectivity index (χ2n) is 23.6. The van der Waals surface area contributed by atoms with E-state index in [9.17, 15) is 40.4 Å². The maximum atomic E-state index is 10.1. The molecular weight excluding hydrogens is 1350 g/mol. The Morgan fingerprint density at radius 2 is 0.838 bits per heavy atom. The van der Waals surface area contributed by atoms with Crippen LogP contribution in [0.25, 0.3) is 49.9 Å². The second kappa shape index (κ2) is 39.3. The van der Waals surface area contributed by atoms with E-state index in [1.807, 2.05) is 67.8 Å². The predicted octanol–water partition coefficient (Wildman–Crippen LogP) is 3.17. The molecule has 3 fully saturated rings. The third-order valence-corrected chi connectivity index (χ3v) is 16.4. The first-order valence-corrected chi connectivity index (χ1v) is 32.2. The van der Waals surface area contributed by atoms with Crippen LogP contribution in [-0.2, 0) is 32.2 Å². The Balaban J connectivity index is 0.000000228. The number of carbonyl (C=O) groups is 3. The number of carbonyl (C=O) groups excluding carboxylic acids is 3. The Labute approximate surface area is 630 Å². The average molecular weight is 1430 g/mol. The molecule has 11 aromatic heterocycles. The van der Waals surface area contributed by atoms with Gasteiger partial charge in [-0.2, -0.15) is 31.1 Å². The van der Waals surface area contributed by atoms with Gasteiger partial charge < -0.3 is 68.0 Å². The van der Waals surface area contributed by atoms with E-state index in [0.717, 1.165) is 176 Å². The van der Waals surface area contributed by atoms with Crippen LogP contribution >= 0.6 is 0 Å². The summed E-state index contributed by atoms with van der Waals surface area (Å²) in [4.78, 5) is 63.4. The Kier molecular flexibility index (Phi) is 30.9. The number of aromatic hydroxyl groups is 2. The Hall–Kier alpha value is -11.4. The maximum absolute atomic E-state index is 10.1. The molecule has 0 unspecified atom stereocenters. The standard InChI is InChI=1S/C25H25N7O.C24H23N7O2.C17H16N6O.C4H6O3.C2H3BO.CH4.Na.2H2O/c1-18-11-23(25-20(12-26)14-29-32(25)16-18)19-3-6-24(28-13-19)31-9-7-30(8-10-31)17-21-4-5-22(33-2)15-27-21;1-33-21-4-3-19(26-14-21)15-29-6-8-30(9-7-29)23-5-2-17(12-27-23)22-10-20(32)16-31-24(22)18(11-25)13-28-31;18-8-13-10-21-23-11-14(24)7-15(17(13)23)12-1-2-16(20-9-12)22-5-3-19-4-6-22;1-3(5)7-4(2)6;1-2(3)4;;;;/h3-6,11,13-16H,7-10,17H2,1-2H3;2-5,10,12-14,16,32H,6-9,15H2,1H3;1-2,7,9-11,19,24H,3-6H2;1-2H3;1H3;1H4;;2*1H2/q;;;;-1;;+1;;. The summed E-state index contributed by atoms with van der Waals surface area (Å²) in [6.07, 6.45) is 18.5. The summed E-state index contributed by atoms with van der Waals surface area (Å²) in [6, 6.07) is 31.9. The third kappa shape index (κ3) is 21.6. The fourth-order valence-corrected chi connectivity index (χ4v) is 11.6. The SMILES string of the molecule is C.CC(=O)OC(C)=O.COc1ccc(CN2CCN(c3ccc(-c4cc(C)cn5ncc(C#N)c45)cn3)CC2)nc1.COc1ccc(CN2CCN(c3ccc(-c4cc(O)cn5ncc(C#N)c45)cn3)CC2)nc1.N#Cc1cnn2cc(O)cc(-c3ccc(N4CCNCC4)nc3)c12.O.O.[B-]C(C)=O.[Na+]. The largest absolute Gasteiger partial charge is 1.00 e. The normalized spacial score (nSPS) is 13.2. The summed E-state index contributed by atoms with van der Waals surface area (Å²) in [5.41, 5.74) is 11.5. The number of nitrogens with zero attached hydrogens (tertiary/aromatic N) is 19. The van der Waals surface area contributed by atoms with E-state index >= 15 is 0 Å². The van der Waals surface area contributed by atoms with Crippen LogP contribution in [0, 0.1) is 40.9 Å². The van der Waals surface area contributed by atoms with Gasteiger partial charge in [0.2, 0.25) is 0 Å². The molecule has 0 spiro atoms. The van der Waals surface area contributed by atoms with Crippen LogP contribution in [0.1, 0.15) is 61.8 Å². The molecule has 32 heteroatoms. The van der Waals surface area contributed by atoms with Crippen molar-refractivity contribution in [2.24, 2.45) is 0 Å². The minimum absolute atomic E-state index is 0.